The molecule has 5 nitrogen and oxygen atoms in total. The third-order valence-corrected chi connectivity index (χ3v) is 4.18. The molecule has 3 aromatic rings. The molecule has 1 aromatic heterocycles. The molecule has 1 atom stereocenters. The Kier molecular flexibility index (Phi) is 2.77. The fourth-order valence-corrected chi connectivity index (χ4v) is 2.97. The first kappa shape index (κ1) is 13.0. The Morgan fingerprint density at radius 3 is 2.91 bits per heavy atom. The Bertz CT molecular complexity index is 871. The number of aryl methyl sites for hydroxylation is 1. The average molecular weight is 293 g/mol. The minimum atomic E-state index is -1.35. The lowest BCUT2D eigenvalue weighted by atomic mass is 10.1. The maximum Gasteiger partial charge on any atom is 0.253 e. The number of hydrogen-bond donors (Lipinski definition) is 2. The van der Waals surface area contributed by atoms with Gasteiger partial charge in [0.1, 0.15) is 0 Å². The van der Waals surface area contributed by atoms with Crippen LogP contribution in [0.4, 0.5) is 0 Å². The van der Waals surface area contributed by atoms with E-state index in [4.69, 9.17) is 0 Å². The summed E-state index contributed by atoms with van der Waals surface area (Å²) in [6.45, 7) is 0.643. The van der Waals surface area contributed by atoms with Crippen LogP contribution < -0.4 is 5.32 Å². The van der Waals surface area contributed by atoms with E-state index >= 15 is 0 Å². The van der Waals surface area contributed by atoms with E-state index in [1.54, 1.807) is 18.6 Å². The Hall–Kier alpha value is -2.66. The molecule has 2 heterocycles. The van der Waals surface area contributed by atoms with E-state index in [1.165, 1.54) is 0 Å². The molecule has 0 aliphatic carbocycles. The molecule has 0 radical (unpaired) electrons. The Labute approximate surface area is 127 Å². The lowest BCUT2D eigenvalue weighted by Crippen LogP contribution is -2.44. The first-order valence-corrected chi connectivity index (χ1v) is 7.20. The Balaban J connectivity index is 1.64. The highest BCUT2D eigenvalue weighted by Crippen LogP contribution is 2.29. The van der Waals surface area contributed by atoms with E-state index < -0.39 is 5.72 Å². The van der Waals surface area contributed by atoms with Gasteiger partial charge in [0, 0.05) is 18.5 Å². The van der Waals surface area contributed by atoms with Crippen molar-refractivity contribution in [1.82, 2.24) is 14.9 Å². The SMILES string of the molecule is O=C(NC1(O)CCn2cncc21)c1ccc2ccccc2c1. The molecule has 2 N–H and O–H groups in total. The van der Waals surface area contributed by atoms with Crippen molar-refractivity contribution in [3.8, 4) is 0 Å². The summed E-state index contributed by atoms with van der Waals surface area (Å²) in [7, 11) is 0. The Morgan fingerprint density at radius 2 is 2.05 bits per heavy atom. The van der Waals surface area contributed by atoms with Gasteiger partial charge in [-0.25, -0.2) is 4.98 Å². The van der Waals surface area contributed by atoms with Crippen LogP contribution in [0.1, 0.15) is 22.5 Å². The number of aliphatic hydroxyl groups is 1. The summed E-state index contributed by atoms with van der Waals surface area (Å²) in [5, 5.41) is 15.5. The van der Waals surface area contributed by atoms with Crippen molar-refractivity contribution < 1.29 is 9.90 Å². The van der Waals surface area contributed by atoms with E-state index in [0.29, 0.717) is 24.2 Å². The number of imidazole rings is 1. The van der Waals surface area contributed by atoms with Crippen LogP contribution >= 0.6 is 0 Å². The highest BCUT2D eigenvalue weighted by atomic mass is 16.3. The minimum absolute atomic E-state index is 0.289. The summed E-state index contributed by atoms with van der Waals surface area (Å²) in [4.78, 5) is 16.5. The monoisotopic (exact) mass is 293 g/mol. The predicted octanol–water partition coefficient (Wildman–Crippen LogP) is 2.02. The van der Waals surface area contributed by atoms with Crippen molar-refractivity contribution in [1.29, 1.82) is 0 Å². The number of aromatic nitrogens is 2. The zero-order chi connectivity index (χ0) is 15.2. The fourth-order valence-electron chi connectivity index (χ4n) is 2.97. The van der Waals surface area contributed by atoms with Crippen molar-refractivity contribution in [2.75, 3.05) is 0 Å². The van der Waals surface area contributed by atoms with Crippen molar-refractivity contribution >= 4 is 16.7 Å². The van der Waals surface area contributed by atoms with Crippen molar-refractivity contribution in [3.05, 3.63) is 66.2 Å². The number of hydrogen-bond acceptors (Lipinski definition) is 3. The maximum atomic E-state index is 12.5. The molecule has 0 fully saturated rings. The van der Waals surface area contributed by atoms with Gasteiger partial charge < -0.3 is 15.0 Å². The van der Waals surface area contributed by atoms with Gasteiger partial charge in [-0.05, 0) is 22.9 Å². The zero-order valence-corrected chi connectivity index (χ0v) is 11.9. The van der Waals surface area contributed by atoms with Crippen LogP contribution in [0.5, 0.6) is 0 Å². The zero-order valence-electron chi connectivity index (χ0n) is 11.9. The normalized spacial score (nSPS) is 20.0. The first-order chi connectivity index (χ1) is 10.7. The summed E-state index contributed by atoms with van der Waals surface area (Å²) < 4.78 is 1.85. The molecule has 22 heavy (non-hydrogen) atoms. The molecule has 1 amide bonds. The second kappa shape index (κ2) is 4.68. The maximum absolute atomic E-state index is 12.5. The van der Waals surface area contributed by atoms with Crippen LogP contribution in [0.2, 0.25) is 0 Å². The van der Waals surface area contributed by atoms with Crippen LogP contribution in [0, 0.1) is 0 Å². The third-order valence-electron chi connectivity index (χ3n) is 4.18. The van der Waals surface area contributed by atoms with Crippen LogP contribution in [0.3, 0.4) is 0 Å². The molecule has 0 spiro atoms. The lowest BCUT2D eigenvalue weighted by molar-refractivity contribution is 0.00471. The topological polar surface area (TPSA) is 67.2 Å². The van der Waals surface area contributed by atoms with Gasteiger partial charge >= 0.3 is 0 Å². The number of amides is 1. The van der Waals surface area contributed by atoms with E-state index in [2.05, 4.69) is 10.3 Å². The summed E-state index contributed by atoms with van der Waals surface area (Å²) in [5.41, 5.74) is -0.189. The van der Waals surface area contributed by atoms with Gasteiger partial charge in [0.05, 0.1) is 18.2 Å². The van der Waals surface area contributed by atoms with Gasteiger partial charge in [0.2, 0.25) is 0 Å². The molecule has 1 aliphatic rings. The minimum Gasteiger partial charge on any atom is -0.366 e. The highest BCUT2D eigenvalue weighted by Gasteiger charge is 2.39. The number of carbonyl (C=O) groups excluding carboxylic acids is 1. The fraction of sp³-hybridized carbons (Fsp3) is 0.176. The van der Waals surface area contributed by atoms with Crippen LogP contribution in [0.15, 0.2) is 55.0 Å². The van der Waals surface area contributed by atoms with E-state index in [0.717, 1.165) is 10.8 Å². The van der Waals surface area contributed by atoms with E-state index in [9.17, 15) is 9.90 Å². The van der Waals surface area contributed by atoms with Crippen LogP contribution in [-0.2, 0) is 12.3 Å². The molecule has 0 saturated carbocycles. The van der Waals surface area contributed by atoms with Crippen LogP contribution in [-0.4, -0.2) is 20.6 Å². The van der Waals surface area contributed by atoms with Gasteiger partial charge in [-0.3, -0.25) is 4.79 Å². The first-order valence-electron chi connectivity index (χ1n) is 7.20. The molecule has 110 valence electrons. The van der Waals surface area contributed by atoms with Gasteiger partial charge in [0.25, 0.3) is 5.91 Å². The van der Waals surface area contributed by atoms with E-state index in [1.807, 2.05) is 41.0 Å². The molecule has 1 aliphatic heterocycles. The van der Waals surface area contributed by atoms with Crippen molar-refractivity contribution in [3.63, 3.8) is 0 Å². The molecule has 4 rings (SSSR count). The number of carbonyl (C=O) groups is 1. The summed E-state index contributed by atoms with van der Waals surface area (Å²) in [6, 6.07) is 13.4. The smallest absolute Gasteiger partial charge is 0.253 e. The summed E-state index contributed by atoms with van der Waals surface area (Å²) >= 11 is 0. The van der Waals surface area contributed by atoms with Crippen LogP contribution in [0.25, 0.3) is 10.8 Å². The highest BCUT2D eigenvalue weighted by molar-refractivity contribution is 5.98. The number of benzene rings is 2. The number of fused-ring (bicyclic) bond motifs is 2. The van der Waals surface area contributed by atoms with Gasteiger partial charge in [-0.15, -0.1) is 0 Å². The molecule has 1 unspecified atom stereocenters. The quantitative estimate of drug-likeness (QED) is 0.710. The molecule has 0 bridgehead atoms. The number of nitrogens with zero attached hydrogens (tertiary/aromatic N) is 2. The lowest BCUT2D eigenvalue weighted by Gasteiger charge is -2.23. The predicted molar refractivity (Wildman–Crippen MR) is 82.2 cm³/mol. The third kappa shape index (κ3) is 1.98. The number of nitrogens with one attached hydrogen (secondary N) is 1. The van der Waals surface area contributed by atoms with E-state index in [-0.39, 0.29) is 5.91 Å². The summed E-state index contributed by atoms with van der Waals surface area (Å²) in [6.07, 6.45) is 3.70. The molecule has 2 aromatic carbocycles. The number of rotatable bonds is 2. The van der Waals surface area contributed by atoms with Gasteiger partial charge in [-0.2, -0.15) is 0 Å². The second-order valence-corrected chi connectivity index (χ2v) is 5.60. The largest absolute Gasteiger partial charge is 0.366 e. The Morgan fingerprint density at radius 1 is 1.23 bits per heavy atom. The van der Waals surface area contributed by atoms with Gasteiger partial charge in [0.15, 0.2) is 5.72 Å². The second-order valence-electron chi connectivity index (χ2n) is 5.60. The average Bonchev–Trinajstić information content (AvgIpc) is 3.12. The standard InChI is InChI=1S/C17H15N3O2/c21-16(14-6-5-12-3-1-2-4-13(12)9-14)19-17(22)7-8-20-11-18-10-15(17)20/h1-6,9-11,22H,7-8H2,(H,19,21). The van der Waals surface area contributed by atoms with Gasteiger partial charge in [-0.1, -0.05) is 30.3 Å². The molecular weight excluding hydrogens is 278 g/mol. The molecule has 0 saturated heterocycles. The molecular formula is C17H15N3O2. The van der Waals surface area contributed by atoms with Crippen molar-refractivity contribution in [2.24, 2.45) is 0 Å². The molecule has 5 heteroatoms. The summed E-state index contributed by atoms with van der Waals surface area (Å²) in [5.74, 6) is -0.289. The van der Waals surface area contributed by atoms with Crippen molar-refractivity contribution in [2.45, 2.75) is 18.7 Å².